The lowest BCUT2D eigenvalue weighted by molar-refractivity contribution is 0.316. The number of nitriles is 1. The van der Waals surface area contributed by atoms with Crippen LogP contribution in [0.4, 0.5) is 0 Å². The largest absolute Gasteiger partial charge is 0.492 e. The molecule has 1 aliphatic rings. The summed E-state index contributed by atoms with van der Waals surface area (Å²) >= 11 is 6.02. The van der Waals surface area contributed by atoms with Crippen LogP contribution in [0.5, 0.6) is 5.75 Å². The van der Waals surface area contributed by atoms with E-state index in [2.05, 4.69) is 6.07 Å². The van der Waals surface area contributed by atoms with Crippen LogP contribution in [0, 0.1) is 11.3 Å². The normalized spacial score (nSPS) is 17.3. The molecule has 0 heterocycles. The van der Waals surface area contributed by atoms with Crippen molar-refractivity contribution in [1.29, 1.82) is 5.26 Å². The van der Waals surface area contributed by atoms with E-state index in [1.165, 1.54) is 0 Å². The van der Waals surface area contributed by atoms with Crippen LogP contribution in [-0.4, -0.2) is 6.61 Å². The van der Waals surface area contributed by atoms with Gasteiger partial charge in [-0.2, -0.15) is 5.26 Å². The van der Waals surface area contributed by atoms with Crippen molar-refractivity contribution in [3.63, 3.8) is 0 Å². The van der Waals surface area contributed by atoms with E-state index in [0.29, 0.717) is 17.4 Å². The third kappa shape index (κ3) is 1.76. The van der Waals surface area contributed by atoms with E-state index in [1.807, 2.05) is 25.1 Å². The standard InChI is InChI=1S/C13H14ClNO/c1-2-16-12-8-10(4-5-11(12)14)13(9-15)6-3-7-13/h4-5,8H,2-3,6-7H2,1H3. The van der Waals surface area contributed by atoms with Crippen LogP contribution in [-0.2, 0) is 5.41 Å². The van der Waals surface area contributed by atoms with Gasteiger partial charge < -0.3 is 4.74 Å². The Kier molecular flexibility index (Phi) is 3.07. The fraction of sp³-hybridized carbons (Fsp3) is 0.462. The molecule has 0 atom stereocenters. The van der Waals surface area contributed by atoms with Crippen molar-refractivity contribution >= 4 is 11.6 Å². The average Bonchev–Trinajstić information content (AvgIpc) is 2.22. The van der Waals surface area contributed by atoms with E-state index in [-0.39, 0.29) is 5.41 Å². The Hall–Kier alpha value is -1.20. The molecule has 0 N–H and O–H groups in total. The van der Waals surface area contributed by atoms with Gasteiger partial charge in [-0.15, -0.1) is 0 Å². The highest BCUT2D eigenvalue weighted by Gasteiger charge is 2.39. The number of rotatable bonds is 3. The lowest BCUT2D eigenvalue weighted by atomic mass is 9.65. The first-order chi connectivity index (χ1) is 7.72. The number of hydrogen-bond donors (Lipinski definition) is 0. The van der Waals surface area contributed by atoms with Crippen LogP contribution in [0.3, 0.4) is 0 Å². The van der Waals surface area contributed by atoms with Crippen molar-refractivity contribution in [3.05, 3.63) is 28.8 Å². The zero-order valence-electron chi connectivity index (χ0n) is 9.29. The van der Waals surface area contributed by atoms with Crippen molar-refractivity contribution in [2.24, 2.45) is 0 Å². The van der Waals surface area contributed by atoms with Gasteiger partial charge in [0.2, 0.25) is 0 Å². The zero-order valence-corrected chi connectivity index (χ0v) is 10.0. The van der Waals surface area contributed by atoms with Crippen LogP contribution in [0.1, 0.15) is 31.7 Å². The van der Waals surface area contributed by atoms with Gasteiger partial charge in [0, 0.05) is 0 Å². The molecular weight excluding hydrogens is 222 g/mol. The highest BCUT2D eigenvalue weighted by molar-refractivity contribution is 6.32. The Morgan fingerprint density at radius 3 is 2.75 bits per heavy atom. The fourth-order valence-electron chi connectivity index (χ4n) is 2.06. The maximum atomic E-state index is 9.26. The van der Waals surface area contributed by atoms with Gasteiger partial charge in [-0.05, 0) is 43.9 Å². The molecule has 2 rings (SSSR count). The van der Waals surface area contributed by atoms with Crippen LogP contribution >= 0.6 is 11.6 Å². The van der Waals surface area contributed by atoms with Gasteiger partial charge in [-0.3, -0.25) is 0 Å². The van der Waals surface area contributed by atoms with Crippen molar-refractivity contribution in [2.45, 2.75) is 31.6 Å². The minimum absolute atomic E-state index is 0.295. The van der Waals surface area contributed by atoms with E-state index >= 15 is 0 Å². The van der Waals surface area contributed by atoms with Gasteiger partial charge in [-0.1, -0.05) is 17.7 Å². The first-order valence-electron chi connectivity index (χ1n) is 5.56. The van der Waals surface area contributed by atoms with Gasteiger partial charge in [0.25, 0.3) is 0 Å². The SMILES string of the molecule is CCOc1cc(C2(C#N)CCC2)ccc1Cl. The molecule has 16 heavy (non-hydrogen) atoms. The van der Waals surface area contributed by atoms with Gasteiger partial charge in [0.1, 0.15) is 5.75 Å². The summed E-state index contributed by atoms with van der Waals surface area (Å²) < 4.78 is 5.44. The van der Waals surface area contributed by atoms with Crippen molar-refractivity contribution in [1.82, 2.24) is 0 Å². The number of hydrogen-bond acceptors (Lipinski definition) is 2. The van der Waals surface area contributed by atoms with E-state index in [1.54, 1.807) is 0 Å². The minimum atomic E-state index is -0.295. The van der Waals surface area contributed by atoms with Crippen molar-refractivity contribution < 1.29 is 4.74 Å². The summed E-state index contributed by atoms with van der Waals surface area (Å²) in [7, 11) is 0. The molecule has 0 radical (unpaired) electrons. The third-order valence-electron chi connectivity index (χ3n) is 3.20. The summed E-state index contributed by atoms with van der Waals surface area (Å²) in [5.41, 5.74) is 0.741. The van der Waals surface area contributed by atoms with E-state index in [4.69, 9.17) is 16.3 Å². The fourth-order valence-corrected chi connectivity index (χ4v) is 2.23. The molecule has 1 fully saturated rings. The number of nitrogens with zero attached hydrogens (tertiary/aromatic N) is 1. The van der Waals surface area contributed by atoms with Gasteiger partial charge >= 0.3 is 0 Å². The molecule has 0 amide bonds. The summed E-state index contributed by atoms with van der Waals surface area (Å²) in [5, 5.41) is 9.87. The number of halogens is 1. The summed E-state index contributed by atoms with van der Waals surface area (Å²) in [6, 6.07) is 8.09. The molecule has 84 valence electrons. The van der Waals surface area contributed by atoms with E-state index < -0.39 is 0 Å². The Labute approximate surface area is 101 Å². The van der Waals surface area contributed by atoms with Gasteiger partial charge in [-0.25, -0.2) is 0 Å². The summed E-state index contributed by atoms with van der Waals surface area (Å²) in [4.78, 5) is 0. The van der Waals surface area contributed by atoms with E-state index in [0.717, 1.165) is 24.8 Å². The van der Waals surface area contributed by atoms with Crippen LogP contribution in [0.2, 0.25) is 5.02 Å². The molecule has 1 saturated carbocycles. The highest BCUT2D eigenvalue weighted by Crippen LogP contribution is 2.44. The first-order valence-corrected chi connectivity index (χ1v) is 5.94. The molecule has 0 spiro atoms. The molecule has 3 heteroatoms. The van der Waals surface area contributed by atoms with Crippen molar-refractivity contribution in [3.8, 4) is 11.8 Å². The molecule has 1 aliphatic carbocycles. The molecular formula is C13H14ClNO. The predicted octanol–water partition coefficient (Wildman–Crippen LogP) is 3.68. The van der Waals surface area contributed by atoms with Crippen LogP contribution in [0.15, 0.2) is 18.2 Å². The molecule has 2 nitrogen and oxygen atoms in total. The van der Waals surface area contributed by atoms with E-state index in [9.17, 15) is 5.26 Å². The highest BCUT2D eigenvalue weighted by atomic mass is 35.5. The zero-order chi connectivity index (χ0) is 11.6. The van der Waals surface area contributed by atoms with Gasteiger partial charge in [0.05, 0.1) is 23.1 Å². The minimum Gasteiger partial charge on any atom is -0.492 e. The Bertz CT molecular complexity index is 432. The molecule has 0 aromatic heterocycles. The first kappa shape index (κ1) is 11.3. The predicted molar refractivity (Wildman–Crippen MR) is 63.8 cm³/mol. The Morgan fingerprint density at radius 1 is 1.50 bits per heavy atom. The van der Waals surface area contributed by atoms with Crippen molar-refractivity contribution in [2.75, 3.05) is 6.61 Å². The quantitative estimate of drug-likeness (QED) is 0.801. The smallest absolute Gasteiger partial charge is 0.138 e. The second kappa shape index (κ2) is 4.35. The molecule has 0 aliphatic heterocycles. The van der Waals surface area contributed by atoms with Crippen LogP contribution < -0.4 is 4.74 Å². The lowest BCUT2D eigenvalue weighted by Crippen LogP contribution is -2.32. The summed E-state index contributed by atoms with van der Waals surface area (Å²) in [5.74, 6) is 0.684. The topological polar surface area (TPSA) is 33.0 Å². The second-order valence-corrected chi connectivity index (χ2v) is 4.53. The summed E-state index contributed by atoms with van der Waals surface area (Å²) in [6.45, 7) is 2.51. The van der Waals surface area contributed by atoms with Gasteiger partial charge in [0.15, 0.2) is 0 Å². The lowest BCUT2D eigenvalue weighted by Gasteiger charge is -2.35. The number of ether oxygens (including phenoxy) is 1. The monoisotopic (exact) mass is 235 g/mol. The number of benzene rings is 1. The Morgan fingerprint density at radius 2 is 2.25 bits per heavy atom. The molecule has 0 saturated heterocycles. The molecule has 0 bridgehead atoms. The second-order valence-electron chi connectivity index (χ2n) is 4.13. The maximum absolute atomic E-state index is 9.26. The molecule has 1 aromatic rings. The molecule has 0 unspecified atom stereocenters. The maximum Gasteiger partial charge on any atom is 0.138 e. The summed E-state index contributed by atoms with van der Waals surface area (Å²) in [6.07, 6.45) is 3.01. The average molecular weight is 236 g/mol. The third-order valence-corrected chi connectivity index (χ3v) is 3.52. The Balaban J connectivity index is 2.36. The van der Waals surface area contributed by atoms with Crippen LogP contribution in [0.25, 0.3) is 0 Å². The molecule has 1 aromatic carbocycles.